The molecule has 1 aliphatic rings. The Labute approximate surface area is 130 Å². The van der Waals surface area contributed by atoms with Crippen LogP contribution in [0.3, 0.4) is 0 Å². The number of ether oxygens (including phenoxy) is 1. The summed E-state index contributed by atoms with van der Waals surface area (Å²) >= 11 is 5.95. The van der Waals surface area contributed by atoms with Crippen molar-refractivity contribution in [2.75, 3.05) is 32.1 Å². The quantitative estimate of drug-likeness (QED) is 0.872. The number of nitrogens with zero attached hydrogens (tertiary/aromatic N) is 1. The highest BCUT2D eigenvalue weighted by atomic mass is 35.5. The predicted octanol–water partition coefficient (Wildman–Crippen LogP) is 1.96. The lowest BCUT2D eigenvalue weighted by Crippen LogP contribution is -2.34. The molecule has 3 N–H and O–H groups in total. The molecular weight excluding hydrogens is 290 g/mol. The van der Waals surface area contributed by atoms with Crippen molar-refractivity contribution in [1.29, 1.82) is 0 Å². The zero-order chi connectivity index (χ0) is 15.4. The number of likely N-dealkylation sites (tertiary alicyclic amines) is 1. The first-order valence-corrected chi connectivity index (χ1v) is 7.48. The molecule has 0 aromatic heterocycles. The molecule has 0 bridgehead atoms. The Morgan fingerprint density at radius 2 is 2.38 bits per heavy atom. The van der Waals surface area contributed by atoms with Gasteiger partial charge in [-0.05, 0) is 44.0 Å². The van der Waals surface area contributed by atoms with Gasteiger partial charge in [0.15, 0.2) is 0 Å². The third kappa shape index (κ3) is 4.33. The van der Waals surface area contributed by atoms with Gasteiger partial charge < -0.3 is 15.8 Å². The maximum atomic E-state index is 12.1. The van der Waals surface area contributed by atoms with E-state index in [1.165, 1.54) is 0 Å². The Morgan fingerprint density at radius 3 is 3.00 bits per heavy atom. The number of carbonyl (C=O) groups is 1. The monoisotopic (exact) mass is 311 g/mol. The minimum atomic E-state index is -0.0686. The topological polar surface area (TPSA) is 67.6 Å². The van der Waals surface area contributed by atoms with Crippen LogP contribution in [0.1, 0.15) is 13.3 Å². The van der Waals surface area contributed by atoms with Crippen LogP contribution in [0, 0.1) is 5.92 Å². The summed E-state index contributed by atoms with van der Waals surface area (Å²) in [4.78, 5) is 14.3. The van der Waals surface area contributed by atoms with Crippen molar-refractivity contribution < 1.29 is 9.53 Å². The summed E-state index contributed by atoms with van der Waals surface area (Å²) in [5.41, 5.74) is 6.51. The Bertz CT molecular complexity index is 508. The van der Waals surface area contributed by atoms with Crippen molar-refractivity contribution in [2.24, 2.45) is 11.7 Å². The number of rotatable bonds is 5. The molecule has 0 radical (unpaired) electrons. The molecule has 0 aliphatic carbocycles. The molecule has 116 valence electrons. The molecule has 6 heteroatoms. The fourth-order valence-corrected chi connectivity index (χ4v) is 2.78. The second-order valence-corrected chi connectivity index (χ2v) is 5.97. The van der Waals surface area contributed by atoms with E-state index in [1.54, 1.807) is 25.3 Å². The van der Waals surface area contributed by atoms with Gasteiger partial charge in [0, 0.05) is 17.6 Å². The lowest BCUT2D eigenvalue weighted by Gasteiger charge is -2.18. The largest absolute Gasteiger partial charge is 0.495 e. The van der Waals surface area contributed by atoms with E-state index in [9.17, 15) is 4.79 Å². The molecule has 5 nitrogen and oxygen atoms in total. The number of anilines is 1. The van der Waals surface area contributed by atoms with Gasteiger partial charge in [-0.3, -0.25) is 9.69 Å². The summed E-state index contributed by atoms with van der Waals surface area (Å²) in [5.74, 6) is 1.00. The van der Waals surface area contributed by atoms with Crippen molar-refractivity contribution in [3.8, 4) is 5.75 Å². The number of nitrogens with one attached hydrogen (secondary N) is 1. The van der Waals surface area contributed by atoms with Gasteiger partial charge in [-0.1, -0.05) is 11.6 Å². The summed E-state index contributed by atoms with van der Waals surface area (Å²) in [5, 5.41) is 3.41. The maximum absolute atomic E-state index is 12.1. The van der Waals surface area contributed by atoms with Crippen LogP contribution in [-0.4, -0.2) is 43.6 Å². The number of methoxy groups -OCH3 is 1. The fourth-order valence-electron chi connectivity index (χ4n) is 2.61. The van der Waals surface area contributed by atoms with E-state index in [4.69, 9.17) is 22.1 Å². The minimum Gasteiger partial charge on any atom is -0.495 e. The molecule has 1 aromatic carbocycles. The van der Waals surface area contributed by atoms with Gasteiger partial charge in [-0.15, -0.1) is 0 Å². The first-order chi connectivity index (χ1) is 9.99. The van der Waals surface area contributed by atoms with Crippen molar-refractivity contribution in [3.63, 3.8) is 0 Å². The molecule has 2 atom stereocenters. The first-order valence-electron chi connectivity index (χ1n) is 7.11. The van der Waals surface area contributed by atoms with Crippen molar-refractivity contribution in [3.05, 3.63) is 23.2 Å². The molecule has 0 spiro atoms. The van der Waals surface area contributed by atoms with Gasteiger partial charge in [-0.25, -0.2) is 0 Å². The van der Waals surface area contributed by atoms with E-state index in [1.807, 2.05) is 6.92 Å². The molecule has 1 aromatic rings. The molecule has 2 unspecified atom stereocenters. The van der Waals surface area contributed by atoms with Crippen LogP contribution in [0.25, 0.3) is 0 Å². The van der Waals surface area contributed by atoms with Crippen LogP contribution in [0.15, 0.2) is 18.2 Å². The number of hydrogen-bond acceptors (Lipinski definition) is 4. The third-order valence-corrected chi connectivity index (χ3v) is 4.09. The lowest BCUT2D eigenvalue weighted by molar-refractivity contribution is -0.117. The number of carbonyl (C=O) groups excluding carboxylic acids is 1. The van der Waals surface area contributed by atoms with E-state index in [2.05, 4.69) is 10.2 Å². The van der Waals surface area contributed by atoms with Crippen molar-refractivity contribution in [1.82, 2.24) is 4.90 Å². The molecular formula is C15H22ClN3O2. The van der Waals surface area contributed by atoms with Crippen LogP contribution in [0.5, 0.6) is 5.75 Å². The minimum absolute atomic E-state index is 0.0686. The average molecular weight is 312 g/mol. The number of benzene rings is 1. The SMILES string of the molecule is COc1ccc(Cl)cc1NC(=O)CN1CCC(C(C)N)C1. The Hall–Kier alpha value is -1.30. The van der Waals surface area contributed by atoms with Gasteiger partial charge >= 0.3 is 0 Å². The third-order valence-electron chi connectivity index (χ3n) is 3.86. The van der Waals surface area contributed by atoms with Gasteiger partial charge in [0.05, 0.1) is 19.3 Å². The lowest BCUT2D eigenvalue weighted by atomic mass is 10.0. The van der Waals surface area contributed by atoms with E-state index in [-0.39, 0.29) is 11.9 Å². The highest BCUT2D eigenvalue weighted by Gasteiger charge is 2.26. The van der Waals surface area contributed by atoms with Crippen molar-refractivity contribution in [2.45, 2.75) is 19.4 Å². The molecule has 1 fully saturated rings. The zero-order valence-corrected chi connectivity index (χ0v) is 13.2. The second kappa shape index (κ2) is 7.11. The summed E-state index contributed by atoms with van der Waals surface area (Å²) in [6.07, 6.45) is 1.05. The molecule has 1 saturated heterocycles. The second-order valence-electron chi connectivity index (χ2n) is 5.54. The molecule has 1 amide bonds. The number of nitrogens with two attached hydrogens (primary N) is 1. The molecule has 2 rings (SSSR count). The summed E-state index contributed by atoms with van der Waals surface area (Å²) in [6.45, 7) is 4.16. The number of halogens is 1. The van der Waals surface area contributed by atoms with Crippen LogP contribution in [-0.2, 0) is 4.79 Å². The van der Waals surface area contributed by atoms with E-state index in [0.29, 0.717) is 28.9 Å². The summed E-state index contributed by atoms with van der Waals surface area (Å²) in [7, 11) is 1.56. The molecule has 1 aliphatic heterocycles. The molecule has 1 heterocycles. The van der Waals surface area contributed by atoms with E-state index >= 15 is 0 Å². The fraction of sp³-hybridized carbons (Fsp3) is 0.533. The van der Waals surface area contributed by atoms with Crippen LogP contribution in [0.4, 0.5) is 5.69 Å². The Balaban J connectivity index is 1.92. The Kier molecular flexibility index (Phi) is 5.45. The highest BCUT2D eigenvalue weighted by molar-refractivity contribution is 6.31. The zero-order valence-electron chi connectivity index (χ0n) is 12.4. The van der Waals surface area contributed by atoms with E-state index < -0.39 is 0 Å². The molecule has 21 heavy (non-hydrogen) atoms. The standard InChI is InChI=1S/C15H22ClN3O2/c1-10(17)11-5-6-19(8-11)9-15(20)18-13-7-12(16)3-4-14(13)21-2/h3-4,7,10-11H,5-6,8-9,17H2,1-2H3,(H,18,20). The smallest absolute Gasteiger partial charge is 0.238 e. The maximum Gasteiger partial charge on any atom is 0.238 e. The van der Waals surface area contributed by atoms with Crippen LogP contribution >= 0.6 is 11.6 Å². The number of amides is 1. The van der Waals surface area contributed by atoms with Crippen LogP contribution in [0.2, 0.25) is 5.02 Å². The van der Waals surface area contributed by atoms with Gasteiger partial charge in [-0.2, -0.15) is 0 Å². The van der Waals surface area contributed by atoms with Gasteiger partial charge in [0.1, 0.15) is 5.75 Å². The average Bonchev–Trinajstić information content (AvgIpc) is 2.87. The summed E-state index contributed by atoms with van der Waals surface area (Å²) in [6, 6.07) is 5.32. The van der Waals surface area contributed by atoms with E-state index in [0.717, 1.165) is 19.5 Å². The number of hydrogen-bond donors (Lipinski definition) is 2. The Morgan fingerprint density at radius 1 is 1.62 bits per heavy atom. The predicted molar refractivity (Wildman–Crippen MR) is 84.8 cm³/mol. The normalized spacial score (nSPS) is 20.3. The van der Waals surface area contributed by atoms with Gasteiger partial charge in [0.25, 0.3) is 0 Å². The first kappa shape index (κ1) is 16.1. The van der Waals surface area contributed by atoms with Gasteiger partial charge in [0.2, 0.25) is 5.91 Å². The summed E-state index contributed by atoms with van der Waals surface area (Å²) < 4.78 is 5.22. The molecule has 0 saturated carbocycles. The van der Waals surface area contributed by atoms with Crippen molar-refractivity contribution >= 4 is 23.2 Å². The van der Waals surface area contributed by atoms with Crippen LogP contribution < -0.4 is 15.8 Å². The highest BCUT2D eigenvalue weighted by Crippen LogP contribution is 2.27.